The first kappa shape index (κ1) is 21.4. The van der Waals surface area contributed by atoms with Gasteiger partial charge in [0.1, 0.15) is 0 Å². The van der Waals surface area contributed by atoms with E-state index in [1.165, 1.54) is 22.6 Å². The molecule has 5 rings (SSSR count). The zero-order valence-electron chi connectivity index (χ0n) is 18.8. The van der Waals surface area contributed by atoms with Crippen LogP contribution in [0.1, 0.15) is 27.8 Å². The van der Waals surface area contributed by atoms with Crippen LogP contribution in [0.15, 0.2) is 121 Å². The van der Waals surface area contributed by atoms with Gasteiger partial charge in [0.15, 0.2) is 0 Å². The lowest BCUT2D eigenvalue weighted by Gasteiger charge is -2.19. The fourth-order valence-corrected chi connectivity index (χ4v) is 4.27. The largest absolute Gasteiger partial charge is 0.269 e. The number of aryl methyl sites for hydroxylation is 1. The summed E-state index contributed by atoms with van der Waals surface area (Å²) in [6.07, 6.45) is 2.60. The summed E-state index contributed by atoms with van der Waals surface area (Å²) in [5.41, 5.74) is 8.29. The van der Waals surface area contributed by atoms with Crippen LogP contribution in [0.4, 0.5) is 5.69 Å². The van der Waals surface area contributed by atoms with Gasteiger partial charge in [0, 0.05) is 12.2 Å². The number of carbonyl (C=O) groups is 2. The first-order chi connectivity index (χ1) is 16.6. The second-order valence-electron chi connectivity index (χ2n) is 8.24. The van der Waals surface area contributed by atoms with Crippen LogP contribution in [0.2, 0.25) is 0 Å². The van der Waals surface area contributed by atoms with Gasteiger partial charge in [0.25, 0.3) is 11.8 Å². The summed E-state index contributed by atoms with van der Waals surface area (Å²) in [7, 11) is 0. The van der Waals surface area contributed by atoms with Crippen LogP contribution in [0.5, 0.6) is 0 Å². The molecular weight excluding hydrogens is 418 g/mol. The van der Waals surface area contributed by atoms with Gasteiger partial charge in [-0.15, -0.1) is 0 Å². The Labute approximate surface area is 199 Å². The Morgan fingerprint density at radius 3 is 1.32 bits per heavy atom. The molecule has 0 aliphatic carbocycles. The van der Waals surface area contributed by atoms with E-state index in [0.717, 1.165) is 33.4 Å². The van der Waals surface area contributed by atoms with E-state index < -0.39 is 0 Å². The third-order valence-corrected chi connectivity index (χ3v) is 5.94. The molecule has 3 heteroatoms. The standard InChI is InChI=1S/C31H23NO2/c1-22-12-14-25(15-13-22)30(23-8-4-2-5-9-23)31(24-10-6-3-7-11-24)26-16-18-27(19-17-26)32-28(33)20-21-29(32)34/h2-21H,1H3/b31-30+. The maximum absolute atomic E-state index is 12.1. The molecule has 1 aliphatic rings. The van der Waals surface area contributed by atoms with Crippen LogP contribution >= 0.6 is 0 Å². The van der Waals surface area contributed by atoms with E-state index in [1.807, 2.05) is 60.7 Å². The molecular formula is C31H23NO2. The van der Waals surface area contributed by atoms with E-state index in [-0.39, 0.29) is 11.8 Å². The molecule has 4 aromatic rings. The highest BCUT2D eigenvalue weighted by molar-refractivity contribution is 6.28. The maximum Gasteiger partial charge on any atom is 0.258 e. The van der Waals surface area contributed by atoms with E-state index in [0.29, 0.717) is 5.69 Å². The minimum Gasteiger partial charge on any atom is -0.269 e. The molecule has 0 spiro atoms. The third-order valence-electron chi connectivity index (χ3n) is 5.94. The fourth-order valence-electron chi connectivity index (χ4n) is 4.27. The Morgan fingerprint density at radius 2 is 0.882 bits per heavy atom. The molecule has 164 valence electrons. The first-order valence-electron chi connectivity index (χ1n) is 11.2. The second kappa shape index (κ2) is 9.16. The van der Waals surface area contributed by atoms with Crippen LogP contribution in [0, 0.1) is 6.92 Å². The number of amides is 2. The molecule has 0 saturated carbocycles. The molecule has 1 heterocycles. The van der Waals surface area contributed by atoms with Crippen molar-refractivity contribution in [3.63, 3.8) is 0 Å². The molecule has 1 aliphatic heterocycles. The van der Waals surface area contributed by atoms with Gasteiger partial charge in [-0.2, -0.15) is 0 Å². The number of carbonyl (C=O) groups excluding carboxylic acids is 2. The monoisotopic (exact) mass is 441 g/mol. The Bertz CT molecular complexity index is 1380. The minimum atomic E-state index is -0.318. The van der Waals surface area contributed by atoms with Crippen molar-refractivity contribution >= 4 is 28.6 Å². The Hall–Kier alpha value is -4.50. The molecule has 0 fully saturated rings. The summed E-state index contributed by atoms with van der Waals surface area (Å²) in [5.74, 6) is -0.637. The van der Waals surface area contributed by atoms with Gasteiger partial charge in [0.2, 0.25) is 0 Å². The zero-order valence-corrected chi connectivity index (χ0v) is 18.8. The van der Waals surface area contributed by atoms with Crippen molar-refractivity contribution in [3.05, 3.63) is 149 Å². The number of nitrogens with zero attached hydrogens (tertiary/aromatic N) is 1. The van der Waals surface area contributed by atoms with Crippen molar-refractivity contribution in [1.82, 2.24) is 0 Å². The van der Waals surface area contributed by atoms with Gasteiger partial charge >= 0.3 is 0 Å². The van der Waals surface area contributed by atoms with E-state index in [4.69, 9.17) is 0 Å². The van der Waals surface area contributed by atoms with Gasteiger partial charge in [-0.3, -0.25) is 9.59 Å². The predicted molar refractivity (Wildman–Crippen MR) is 137 cm³/mol. The normalized spacial score (nSPS) is 13.9. The molecule has 34 heavy (non-hydrogen) atoms. The summed E-state index contributed by atoms with van der Waals surface area (Å²) < 4.78 is 0. The highest BCUT2D eigenvalue weighted by Gasteiger charge is 2.25. The van der Waals surface area contributed by atoms with Crippen molar-refractivity contribution in [2.45, 2.75) is 6.92 Å². The van der Waals surface area contributed by atoms with Crippen LogP contribution in [0.3, 0.4) is 0 Å². The summed E-state index contributed by atoms with van der Waals surface area (Å²) in [5, 5.41) is 0. The minimum absolute atomic E-state index is 0.318. The van der Waals surface area contributed by atoms with Crippen molar-refractivity contribution < 1.29 is 9.59 Å². The van der Waals surface area contributed by atoms with E-state index >= 15 is 0 Å². The van der Waals surface area contributed by atoms with Crippen LogP contribution < -0.4 is 4.90 Å². The molecule has 3 nitrogen and oxygen atoms in total. The predicted octanol–water partition coefficient (Wildman–Crippen LogP) is 6.43. The molecule has 0 unspecified atom stereocenters. The Morgan fingerprint density at radius 1 is 0.500 bits per heavy atom. The van der Waals surface area contributed by atoms with E-state index in [9.17, 15) is 9.59 Å². The maximum atomic E-state index is 12.1. The van der Waals surface area contributed by atoms with Crippen molar-refractivity contribution in [2.24, 2.45) is 0 Å². The highest BCUT2D eigenvalue weighted by Crippen LogP contribution is 2.37. The number of hydrogen-bond acceptors (Lipinski definition) is 2. The summed E-state index contributed by atoms with van der Waals surface area (Å²) in [6, 6.07) is 36.9. The van der Waals surface area contributed by atoms with Crippen molar-refractivity contribution in [3.8, 4) is 0 Å². The summed E-state index contributed by atoms with van der Waals surface area (Å²) >= 11 is 0. The molecule has 0 saturated heterocycles. The summed E-state index contributed by atoms with van der Waals surface area (Å²) in [6.45, 7) is 2.09. The molecule has 2 amide bonds. The van der Waals surface area contributed by atoms with Gasteiger partial charge in [-0.25, -0.2) is 4.90 Å². The smallest absolute Gasteiger partial charge is 0.258 e. The zero-order chi connectivity index (χ0) is 23.5. The van der Waals surface area contributed by atoms with Crippen LogP contribution in [0.25, 0.3) is 11.1 Å². The van der Waals surface area contributed by atoms with Crippen LogP contribution in [-0.2, 0) is 9.59 Å². The van der Waals surface area contributed by atoms with E-state index in [2.05, 4.69) is 55.5 Å². The van der Waals surface area contributed by atoms with Crippen molar-refractivity contribution in [2.75, 3.05) is 4.90 Å². The quantitative estimate of drug-likeness (QED) is 0.264. The average Bonchev–Trinajstić information content (AvgIpc) is 3.22. The lowest BCUT2D eigenvalue weighted by molar-refractivity contribution is -0.119. The molecule has 0 atom stereocenters. The summed E-state index contributed by atoms with van der Waals surface area (Å²) in [4.78, 5) is 25.5. The van der Waals surface area contributed by atoms with E-state index in [1.54, 1.807) is 0 Å². The third kappa shape index (κ3) is 4.12. The molecule has 0 bridgehead atoms. The second-order valence-corrected chi connectivity index (χ2v) is 8.24. The fraction of sp³-hybridized carbons (Fsp3) is 0.0323. The lowest BCUT2D eigenvalue weighted by atomic mass is 9.85. The number of anilines is 1. The lowest BCUT2D eigenvalue weighted by Crippen LogP contribution is -2.29. The topological polar surface area (TPSA) is 37.4 Å². The Balaban J connectivity index is 1.74. The van der Waals surface area contributed by atoms with Gasteiger partial charge < -0.3 is 0 Å². The number of benzene rings is 4. The molecule has 0 radical (unpaired) electrons. The van der Waals surface area contributed by atoms with Gasteiger partial charge in [-0.05, 0) is 52.5 Å². The van der Waals surface area contributed by atoms with Gasteiger partial charge in [-0.1, -0.05) is 103 Å². The molecule has 0 aromatic heterocycles. The first-order valence-corrected chi connectivity index (χ1v) is 11.2. The van der Waals surface area contributed by atoms with Gasteiger partial charge in [0.05, 0.1) is 5.69 Å². The number of hydrogen-bond donors (Lipinski definition) is 0. The Kier molecular flexibility index (Phi) is 5.75. The molecule has 4 aromatic carbocycles. The number of imide groups is 1. The SMILES string of the molecule is Cc1ccc(/C(=C(\c2ccccc2)c2ccc(N3C(=O)C=CC3=O)cc2)c2ccccc2)cc1. The highest BCUT2D eigenvalue weighted by atomic mass is 16.2. The van der Waals surface area contributed by atoms with Crippen LogP contribution in [-0.4, -0.2) is 11.8 Å². The molecule has 0 N–H and O–H groups in total. The average molecular weight is 442 g/mol. The number of rotatable bonds is 5. The van der Waals surface area contributed by atoms with Crippen molar-refractivity contribution in [1.29, 1.82) is 0 Å².